The van der Waals surface area contributed by atoms with E-state index in [1.165, 1.54) is 9.13 Å². The molecule has 3 aromatic rings. The molecule has 6 nitrogen and oxygen atoms in total. The zero-order valence-electron chi connectivity index (χ0n) is 15.0. The highest BCUT2D eigenvalue weighted by molar-refractivity contribution is 5.94. The summed E-state index contributed by atoms with van der Waals surface area (Å²) in [5, 5.41) is 2.84. The summed E-state index contributed by atoms with van der Waals surface area (Å²) < 4.78 is 2.84. The molecule has 6 heteroatoms. The second kappa shape index (κ2) is 7.00. The lowest BCUT2D eigenvalue weighted by molar-refractivity contribution is 0.0943. The number of nitrogens with zero attached hydrogens (tertiary/aromatic N) is 2. The molecule has 0 saturated carbocycles. The van der Waals surface area contributed by atoms with Gasteiger partial charge >= 0.3 is 11.1 Å². The van der Waals surface area contributed by atoms with Gasteiger partial charge < -0.3 is 9.88 Å². The van der Waals surface area contributed by atoms with Crippen LogP contribution in [0.4, 0.5) is 0 Å². The smallest absolute Gasteiger partial charge is 0.317 e. The van der Waals surface area contributed by atoms with Crippen molar-refractivity contribution in [2.24, 2.45) is 7.05 Å². The average Bonchev–Trinajstić information content (AvgIpc) is 2.63. The topological polar surface area (TPSA) is 73.1 Å². The van der Waals surface area contributed by atoms with Crippen LogP contribution in [0, 0.1) is 0 Å². The van der Waals surface area contributed by atoms with E-state index in [0.29, 0.717) is 16.6 Å². The maximum absolute atomic E-state index is 12.5. The fourth-order valence-corrected chi connectivity index (χ4v) is 2.90. The van der Waals surface area contributed by atoms with Gasteiger partial charge in [0.25, 0.3) is 5.91 Å². The number of carbonyl (C=O) groups excluding carboxylic acids is 1. The quantitative estimate of drug-likeness (QED) is 0.730. The van der Waals surface area contributed by atoms with Crippen LogP contribution in [0.1, 0.15) is 29.8 Å². The Morgan fingerprint density at radius 1 is 0.962 bits per heavy atom. The molecule has 0 saturated heterocycles. The number of rotatable bonds is 4. The molecule has 2 aromatic carbocycles. The number of aromatic nitrogens is 2. The van der Waals surface area contributed by atoms with Crippen molar-refractivity contribution in [1.82, 2.24) is 14.5 Å². The standard InChI is InChI=1S/C20H21N3O3/c1-13(2)21-18(24)15-10-8-14(9-11-15)12-23-17-7-5-4-6-16(17)22(3)19(25)20(23)26/h4-11,13H,12H2,1-3H3,(H,21,24). The van der Waals surface area contributed by atoms with Crippen LogP contribution in [0.3, 0.4) is 0 Å². The molecule has 0 spiro atoms. The molecule has 0 atom stereocenters. The Morgan fingerprint density at radius 2 is 1.58 bits per heavy atom. The van der Waals surface area contributed by atoms with E-state index in [-0.39, 0.29) is 18.5 Å². The Kier molecular flexibility index (Phi) is 4.75. The van der Waals surface area contributed by atoms with Crippen LogP contribution in [0.2, 0.25) is 0 Å². The van der Waals surface area contributed by atoms with Crippen LogP contribution in [0.25, 0.3) is 11.0 Å². The van der Waals surface area contributed by atoms with E-state index < -0.39 is 11.1 Å². The van der Waals surface area contributed by atoms with Crippen LogP contribution in [0.5, 0.6) is 0 Å². The fraction of sp³-hybridized carbons (Fsp3) is 0.250. The van der Waals surface area contributed by atoms with Gasteiger partial charge in [-0.3, -0.25) is 19.0 Å². The van der Waals surface area contributed by atoms with Gasteiger partial charge in [0.1, 0.15) is 0 Å². The van der Waals surface area contributed by atoms with E-state index in [2.05, 4.69) is 5.32 Å². The number of benzene rings is 2. The van der Waals surface area contributed by atoms with Gasteiger partial charge in [0.2, 0.25) is 0 Å². The van der Waals surface area contributed by atoms with Crippen molar-refractivity contribution < 1.29 is 4.79 Å². The van der Waals surface area contributed by atoms with Crippen LogP contribution in [0.15, 0.2) is 58.1 Å². The van der Waals surface area contributed by atoms with E-state index in [0.717, 1.165) is 5.56 Å². The molecule has 0 aliphatic rings. The lowest BCUT2D eigenvalue weighted by Crippen LogP contribution is -2.40. The average molecular weight is 351 g/mol. The first kappa shape index (κ1) is 17.7. The summed E-state index contributed by atoms with van der Waals surface area (Å²) in [5.74, 6) is -0.136. The summed E-state index contributed by atoms with van der Waals surface area (Å²) in [6.07, 6.45) is 0. The Hall–Kier alpha value is -3.15. The molecule has 26 heavy (non-hydrogen) atoms. The van der Waals surface area contributed by atoms with Gasteiger partial charge in [0.05, 0.1) is 17.6 Å². The number of para-hydroxylation sites is 2. The molecule has 0 aliphatic carbocycles. The van der Waals surface area contributed by atoms with E-state index in [1.54, 1.807) is 31.3 Å². The minimum Gasteiger partial charge on any atom is -0.350 e. The molecule has 0 bridgehead atoms. The Labute approximate surface area is 150 Å². The Balaban J connectivity index is 1.99. The highest BCUT2D eigenvalue weighted by Crippen LogP contribution is 2.12. The van der Waals surface area contributed by atoms with Crippen LogP contribution >= 0.6 is 0 Å². The van der Waals surface area contributed by atoms with Gasteiger partial charge in [-0.1, -0.05) is 24.3 Å². The second-order valence-electron chi connectivity index (χ2n) is 6.57. The fourth-order valence-electron chi connectivity index (χ4n) is 2.90. The van der Waals surface area contributed by atoms with Crippen LogP contribution < -0.4 is 16.4 Å². The molecule has 1 heterocycles. The van der Waals surface area contributed by atoms with E-state index in [1.807, 2.05) is 38.1 Å². The van der Waals surface area contributed by atoms with Crippen molar-refractivity contribution in [3.63, 3.8) is 0 Å². The van der Waals surface area contributed by atoms with Crippen LogP contribution in [-0.2, 0) is 13.6 Å². The number of hydrogen-bond acceptors (Lipinski definition) is 3. The third kappa shape index (κ3) is 3.31. The van der Waals surface area contributed by atoms with Gasteiger partial charge in [-0.15, -0.1) is 0 Å². The van der Waals surface area contributed by atoms with Gasteiger partial charge in [0, 0.05) is 18.7 Å². The normalized spacial score (nSPS) is 11.1. The molecular weight excluding hydrogens is 330 g/mol. The highest BCUT2D eigenvalue weighted by atomic mass is 16.2. The van der Waals surface area contributed by atoms with Crippen molar-refractivity contribution in [3.05, 3.63) is 80.4 Å². The maximum Gasteiger partial charge on any atom is 0.317 e. The predicted molar refractivity (Wildman–Crippen MR) is 102 cm³/mol. The van der Waals surface area contributed by atoms with Crippen molar-refractivity contribution in [2.75, 3.05) is 0 Å². The third-order valence-corrected chi connectivity index (χ3v) is 4.24. The number of aryl methyl sites for hydroxylation is 1. The van der Waals surface area contributed by atoms with Gasteiger partial charge in [-0.2, -0.15) is 0 Å². The maximum atomic E-state index is 12.5. The van der Waals surface area contributed by atoms with E-state index >= 15 is 0 Å². The van der Waals surface area contributed by atoms with Gasteiger partial charge in [0.15, 0.2) is 0 Å². The Bertz CT molecular complexity index is 1080. The largest absolute Gasteiger partial charge is 0.350 e. The molecule has 0 aliphatic heterocycles. The lowest BCUT2D eigenvalue weighted by Gasteiger charge is -2.13. The zero-order valence-corrected chi connectivity index (χ0v) is 15.0. The molecule has 1 aromatic heterocycles. The Morgan fingerprint density at radius 3 is 2.19 bits per heavy atom. The molecule has 1 N–H and O–H groups in total. The van der Waals surface area contributed by atoms with E-state index in [9.17, 15) is 14.4 Å². The number of carbonyl (C=O) groups is 1. The monoisotopic (exact) mass is 351 g/mol. The molecular formula is C20H21N3O3. The van der Waals surface area contributed by atoms with Crippen molar-refractivity contribution in [3.8, 4) is 0 Å². The highest BCUT2D eigenvalue weighted by Gasteiger charge is 2.12. The molecule has 134 valence electrons. The summed E-state index contributed by atoms with van der Waals surface area (Å²) >= 11 is 0. The first-order chi connectivity index (χ1) is 12.4. The number of nitrogens with one attached hydrogen (secondary N) is 1. The number of amides is 1. The predicted octanol–water partition coefficient (Wildman–Crippen LogP) is 1.89. The van der Waals surface area contributed by atoms with Gasteiger partial charge in [-0.05, 0) is 43.7 Å². The summed E-state index contributed by atoms with van der Waals surface area (Å²) in [5.41, 5.74) is 1.67. The number of hydrogen-bond donors (Lipinski definition) is 1. The minimum atomic E-state index is -0.562. The molecule has 0 radical (unpaired) electrons. The van der Waals surface area contributed by atoms with Crippen molar-refractivity contribution >= 4 is 16.9 Å². The third-order valence-electron chi connectivity index (χ3n) is 4.24. The summed E-state index contributed by atoms with van der Waals surface area (Å²) in [6, 6.07) is 14.4. The molecule has 3 rings (SSSR count). The van der Waals surface area contributed by atoms with Crippen molar-refractivity contribution in [2.45, 2.75) is 26.4 Å². The second-order valence-corrected chi connectivity index (χ2v) is 6.57. The SMILES string of the molecule is CC(C)NC(=O)c1ccc(Cn2c(=O)c(=O)n(C)c3ccccc32)cc1. The van der Waals surface area contributed by atoms with E-state index in [4.69, 9.17) is 0 Å². The van der Waals surface area contributed by atoms with Gasteiger partial charge in [-0.25, -0.2) is 0 Å². The van der Waals surface area contributed by atoms with Crippen molar-refractivity contribution in [1.29, 1.82) is 0 Å². The first-order valence-electron chi connectivity index (χ1n) is 8.47. The summed E-state index contributed by atoms with van der Waals surface area (Å²) in [4.78, 5) is 36.7. The minimum absolute atomic E-state index is 0.0626. The zero-order chi connectivity index (χ0) is 18.8. The first-order valence-corrected chi connectivity index (χ1v) is 8.47. The summed E-state index contributed by atoms with van der Waals surface area (Å²) in [7, 11) is 1.60. The molecule has 0 fully saturated rings. The summed E-state index contributed by atoms with van der Waals surface area (Å²) in [6.45, 7) is 4.07. The number of fused-ring (bicyclic) bond motifs is 1. The van der Waals surface area contributed by atoms with Crippen LogP contribution in [-0.4, -0.2) is 21.1 Å². The lowest BCUT2D eigenvalue weighted by atomic mass is 10.1. The molecule has 0 unspecified atom stereocenters. The molecule has 1 amide bonds.